The minimum absolute atomic E-state index is 0.0389. The van der Waals surface area contributed by atoms with Crippen molar-refractivity contribution < 1.29 is 9.59 Å². The second-order valence-corrected chi connectivity index (χ2v) is 4.41. The van der Waals surface area contributed by atoms with E-state index in [4.69, 9.17) is 0 Å². The number of carbonyl (C=O) groups excluding carboxylic acids is 2. The Bertz CT molecular complexity index is 545. The van der Waals surface area contributed by atoms with Crippen LogP contribution in [0.3, 0.4) is 0 Å². The highest BCUT2D eigenvalue weighted by Gasteiger charge is 2.28. The number of hydrogen-bond acceptors (Lipinski definition) is 3. The summed E-state index contributed by atoms with van der Waals surface area (Å²) in [4.78, 5) is 38.5. The van der Waals surface area contributed by atoms with E-state index < -0.39 is 0 Å². The Hall–Kier alpha value is -1.91. The van der Waals surface area contributed by atoms with Crippen LogP contribution in [0.4, 0.5) is 0 Å². The van der Waals surface area contributed by atoms with Gasteiger partial charge in [0.25, 0.3) is 5.56 Å². The number of ketones is 1. The van der Waals surface area contributed by atoms with Crippen LogP contribution in [0.2, 0.25) is 0 Å². The second kappa shape index (κ2) is 4.16. The highest BCUT2D eigenvalue weighted by molar-refractivity contribution is 6.05. The summed E-state index contributed by atoms with van der Waals surface area (Å²) in [6, 6.07) is 1.86. The van der Waals surface area contributed by atoms with Crippen molar-refractivity contribution >= 4 is 11.7 Å². The van der Waals surface area contributed by atoms with Crippen molar-refractivity contribution in [2.75, 3.05) is 6.54 Å². The number of pyridine rings is 1. The third-order valence-corrected chi connectivity index (χ3v) is 2.91. The molecule has 1 aliphatic rings. The van der Waals surface area contributed by atoms with Crippen molar-refractivity contribution in [3.8, 4) is 0 Å². The van der Waals surface area contributed by atoms with Gasteiger partial charge in [-0.1, -0.05) is 0 Å². The number of carbonyl (C=O) groups is 2. The molecule has 2 heterocycles. The van der Waals surface area contributed by atoms with E-state index in [1.54, 1.807) is 0 Å². The molecule has 0 aromatic carbocycles. The number of hydrogen-bond donors (Lipinski definition) is 1. The van der Waals surface area contributed by atoms with Gasteiger partial charge in [-0.05, 0) is 25.5 Å². The molecule has 0 saturated carbocycles. The number of nitrogens with one attached hydrogen (secondary N) is 1. The van der Waals surface area contributed by atoms with Crippen molar-refractivity contribution in [3.05, 3.63) is 33.2 Å². The van der Waals surface area contributed by atoms with Crippen LogP contribution in [0.5, 0.6) is 0 Å². The van der Waals surface area contributed by atoms with Crippen molar-refractivity contribution in [2.24, 2.45) is 0 Å². The molecule has 90 valence electrons. The molecule has 1 fully saturated rings. The lowest BCUT2D eigenvalue weighted by atomic mass is 10.1. The molecule has 1 amide bonds. The van der Waals surface area contributed by atoms with Crippen molar-refractivity contribution in [1.29, 1.82) is 0 Å². The predicted octanol–water partition coefficient (Wildman–Crippen LogP) is 0.293. The zero-order valence-corrected chi connectivity index (χ0v) is 9.87. The van der Waals surface area contributed by atoms with Gasteiger partial charge in [-0.25, -0.2) is 0 Å². The van der Waals surface area contributed by atoms with Crippen LogP contribution < -0.4 is 5.56 Å². The van der Waals surface area contributed by atoms with Gasteiger partial charge in [0.2, 0.25) is 5.91 Å². The van der Waals surface area contributed by atoms with Gasteiger partial charge >= 0.3 is 0 Å². The monoisotopic (exact) mass is 234 g/mol. The number of nitrogens with zero attached hydrogens (tertiary/aromatic N) is 1. The Morgan fingerprint density at radius 3 is 2.53 bits per heavy atom. The smallest absolute Gasteiger partial charge is 0.253 e. The van der Waals surface area contributed by atoms with Gasteiger partial charge in [0.05, 0.1) is 19.5 Å². The fourth-order valence-electron chi connectivity index (χ4n) is 2.05. The zero-order valence-electron chi connectivity index (χ0n) is 9.87. The molecule has 5 nitrogen and oxygen atoms in total. The van der Waals surface area contributed by atoms with E-state index in [9.17, 15) is 14.4 Å². The Balaban J connectivity index is 2.28. The molecule has 0 radical (unpaired) electrons. The van der Waals surface area contributed by atoms with Gasteiger partial charge in [-0.3, -0.25) is 14.4 Å². The molecule has 0 unspecified atom stereocenters. The summed E-state index contributed by atoms with van der Waals surface area (Å²) >= 11 is 0. The average Bonchev–Trinajstić information content (AvgIpc) is 2.51. The summed E-state index contributed by atoms with van der Waals surface area (Å²) in [5, 5.41) is 0. The van der Waals surface area contributed by atoms with Gasteiger partial charge in [-0.15, -0.1) is 0 Å². The summed E-state index contributed by atoms with van der Waals surface area (Å²) in [5.41, 5.74) is 2.01. The quantitative estimate of drug-likeness (QED) is 0.748. The minimum atomic E-state index is -0.200. The Kier molecular flexibility index (Phi) is 2.83. The van der Waals surface area contributed by atoms with Crippen LogP contribution in [0, 0.1) is 13.8 Å². The summed E-state index contributed by atoms with van der Waals surface area (Å²) in [7, 11) is 0. The van der Waals surface area contributed by atoms with Gasteiger partial charge in [0, 0.05) is 11.3 Å². The minimum Gasteiger partial charge on any atom is -0.330 e. The van der Waals surface area contributed by atoms with Crippen molar-refractivity contribution in [2.45, 2.75) is 26.8 Å². The lowest BCUT2D eigenvalue weighted by molar-refractivity contribution is -0.128. The Labute approximate surface area is 98.4 Å². The molecule has 1 aromatic heterocycles. The van der Waals surface area contributed by atoms with E-state index in [0.29, 0.717) is 5.56 Å². The van der Waals surface area contributed by atoms with Gasteiger partial charge in [-0.2, -0.15) is 0 Å². The zero-order chi connectivity index (χ0) is 12.6. The molecule has 0 aliphatic carbocycles. The lowest BCUT2D eigenvalue weighted by Gasteiger charge is -2.15. The first-order chi connectivity index (χ1) is 7.97. The number of Topliss-reactive ketones (excluding diaryl/α,β-unsaturated/α-hetero) is 1. The number of amides is 1. The fraction of sp³-hybridized carbons (Fsp3) is 0.417. The highest BCUT2D eigenvalue weighted by atomic mass is 16.2. The van der Waals surface area contributed by atoms with Crippen LogP contribution in [0.25, 0.3) is 0 Å². The van der Waals surface area contributed by atoms with Crippen LogP contribution in [-0.2, 0) is 16.1 Å². The maximum absolute atomic E-state index is 11.8. The predicted molar refractivity (Wildman–Crippen MR) is 61.6 cm³/mol. The Morgan fingerprint density at radius 2 is 2.00 bits per heavy atom. The third kappa shape index (κ3) is 2.27. The number of H-pyrrole nitrogens is 1. The maximum atomic E-state index is 11.8. The van der Waals surface area contributed by atoms with E-state index >= 15 is 0 Å². The molecule has 1 aliphatic heterocycles. The summed E-state index contributed by atoms with van der Waals surface area (Å²) < 4.78 is 0. The SMILES string of the molecule is Cc1cc(C)c(CN2CC(=O)CC2=O)c(=O)[nH]1. The molecule has 0 spiro atoms. The number of rotatable bonds is 2. The third-order valence-electron chi connectivity index (χ3n) is 2.91. The molecule has 2 rings (SSSR count). The first-order valence-corrected chi connectivity index (χ1v) is 5.46. The van der Waals surface area contributed by atoms with Crippen molar-refractivity contribution in [3.63, 3.8) is 0 Å². The number of aromatic nitrogens is 1. The molecule has 1 saturated heterocycles. The van der Waals surface area contributed by atoms with Crippen LogP contribution in [-0.4, -0.2) is 28.1 Å². The Morgan fingerprint density at radius 1 is 1.29 bits per heavy atom. The van der Waals surface area contributed by atoms with Gasteiger partial charge in [0.15, 0.2) is 5.78 Å². The van der Waals surface area contributed by atoms with E-state index in [0.717, 1.165) is 11.3 Å². The van der Waals surface area contributed by atoms with Crippen LogP contribution in [0.1, 0.15) is 23.2 Å². The summed E-state index contributed by atoms with van der Waals surface area (Å²) in [6.45, 7) is 3.97. The van der Waals surface area contributed by atoms with E-state index in [2.05, 4.69) is 4.98 Å². The lowest BCUT2D eigenvalue weighted by Crippen LogP contribution is -2.29. The molecule has 1 aromatic rings. The van der Waals surface area contributed by atoms with Crippen molar-refractivity contribution in [1.82, 2.24) is 9.88 Å². The molecular formula is C12H14N2O3. The van der Waals surface area contributed by atoms with Gasteiger partial charge < -0.3 is 9.88 Å². The number of aromatic amines is 1. The van der Waals surface area contributed by atoms with E-state index in [1.807, 2.05) is 19.9 Å². The molecule has 17 heavy (non-hydrogen) atoms. The fourth-order valence-corrected chi connectivity index (χ4v) is 2.05. The molecular weight excluding hydrogens is 220 g/mol. The highest BCUT2D eigenvalue weighted by Crippen LogP contribution is 2.12. The van der Waals surface area contributed by atoms with Gasteiger partial charge in [0.1, 0.15) is 0 Å². The summed E-state index contributed by atoms with van der Waals surface area (Å²) in [6.07, 6.45) is -0.0389. The first-order valence-electron chi connectivity index (χ1n) is 5.46. The second-order valence-electron chi connectivity index (χ2n) is 4.41. The van der Waals surface area contributed by atoms with Crippen LogP contribution >= 0.6 is 0 Å². The number of aryl methyl sites for hydroxylation is 2. The van der Waals surface area contributed by atoms with E-state index in [-0.39, 0.29) is 36.8 Å². The topological polar surface area (TPSA) is 70.2 Å². The molecule has 0 atom stereocenters. The molecule has 5 heteroatoms. The first kappa shape index (κ1) is 11.6. The standard InChI is InChI=1S/C12H14N2O3/c1-7-3-8(2)13-12(17)10(7)6-14-5-9(15)4-11(14)16/h3H,4-6H2,1-2H3,(H,13,17). The average molecular weight is 234 g/mol. The van der Waals surface area contributed by atoms with E-state index in [1.165, 1.54) is 4.90 Å². The maximum Gasteiger partial charge on any atom is 0.253 e. The molecule has 0 bridgehead atoms. The number of likely N-dealkylation sites (tertiary alicyclic amines) is 1. The normalized spacial score (nSPS) is 15.8. The van der Waals surface area contributed by atoms with Crippen LogP contribution in [0.15, 0.2) is 10.9 Å². The molecule has 1 N–H and O–H groups in total. The summed E-state index contributed by atoms with van der Waals surface area (Å²) in [5.74, 6) is -0.287. The largest absolute Gasteiger partial charge is 0.330 e.